The third-order valence-electron chi connectivity index (χ3n) is 4.55. The molecule has 0 saturated heterocycles. The molecule has 0 fully saturated rings. The molecule has 0 aliphatic carbocycles. The Hall–Kier alpha value is -2.21. The topological polar surface area (TPSA) is 56.7 Å². The van der Waals surface area contributed by atoms with Gasteiger partial charge in [-0.2, -0.15) is 0 Å². The Morgan fingerprint density at radius 3 is 2.71 bits per heavy atom. The van der Waals surface area contributed by atoms with E-state index in [9.17, 15) is 0 Å². The Bertz CT molecular complexity index is 756. The van der Waals surface area contributed by atoms with E-state index in [0.29, 0.717) is 23.4 Å². The fraction of sp³-hybridized carbons (Fsp3) is 0.412. The predicted molar refractivity (Wildman–Crippen MR) is 92.5 cm³/mol. The Morgan fingerprint density at radius 1 is 1.29 bits per heavy atom. The molecule has 2 aromatic rings. The van der Waals surface area contributed by atoms with E-state index in [2.05, 4.69) is 21.8 Å². The van der Waals surface area contributed by atoms with Crippen LogP contribution < -0.4 is 19.1 Å². The van der Waals surface area contributed by atoms with Crippen molar-refractivity contribution in [1.82, 2.24) is 9.97 Å². The van der Waals surface area contributed by atoms with E-state index in [1.165, 1.54) is 7.11 Å². The zero-order chi connectivity index (χ0) is 17.3. The molecule has 1 aliphatic heterocycles. The maximum absolute atomic E-state index is 6.07. The molecule has 1 aromatic heterocycles. The highest BCUT2D eigenvalue weighted by Gasteiger charge is 2.42. The maximum Gasteiger partial charge on any atom is 0.278 e. The van der Waals surface area contributed by atoms with Gasteiger partial charge in [-0.15, -0.1) is 0 Å². The summed E-state index contributed by atoms with van der Waals surface area (Å²) in [6.07, 6.45) is 2.50. The van der Waals surface area contributed by atoms with Gasteiger partial charge in [0.2, 0.25) is 0 Å². The van der Waals surface area contributed by atoms with Gasteiger partial charge in [0.05, 0.1) is 31.8 Å². The van der Waals surface area contributed by atoms with E-state index < -0.39 is 5.54 Å². The first-order valence-corrected chi connectivity index (χ1v) is 8.05. The zero-order valence-electron chi connectivity index (χ0n) is 14.2. The standard InChI is InChI=1S/C17H20ClN3O3/c1-5-17(14-9-19-15(22-3)16(20-14)23-4)10-24-13-8-11(18)6-7-12(13)21(17)2/h6-9H,5,10H2,1-4H3. The van der Waals surface area contributed by atoms with Crippen molar-refractivity contribution in [2.24, 2.45) is 0 Å². The number of hydrogen-bond acceptors (Lipinski definition) is 6. The molecular weight excluding hydrogens is 330 g/mol. The molecule has 0 spiro atoms. The maximum atomic E-state index is 6.07. The van der Waals surface area contributed by atoms with Crippen molar-refractivity contribution < 1.29 is 14.2 Å². The summed E-state index contributed by atoms with van der Waals surface area (Å²) in [5.41, 5.74) is 1.28. The summed E-state index contributed by atoms with van der Waals surface area (Å²) >= 11 is 6.07. The van der Waals surface area contributed by atoms with Gasteiger partial charge in [-0.1, -0.05) is 18.5 Å². The lowest BCUT2D eigenvalue weighted by atomic mass is 9.89. The van der Waals surface area contributed by atoms with Gasteiger partial charge in [0.1, 0.15) is 17.9 Å². The number of ether oxygens (including phenoxy) is 3. The highest BCUT2D eigenvalue weighted by Crippen LogP contribution is 2.44. The zero-order valence-corrected chi connectivity index (χ0v) is 14.9. The van der Waals surface area contributed by atoms with Gasteiger partial charge in [0.15, 0.2) is 0 Å². The summed E-state index contributed by atoms with van der Waals surface area (Å²) in [7, 11) is 5.11. The molecule has 128 valence electrons. The lowest BCUT2D eigenvalue weighted by Crippen LogP contribution is -2.51. The molecule has 0 N–H and O–H groups in total. The van der Waals surface area contributed by atoms with Crippen LogP contribution in [-0.2, 0) is 5.54 Å². The van der Waals surface area contributed by atoms with Gasteiger partial charge in [0, 0.05) is 18.1 Å². The van der Waals surface area contributed by atoms with E-state index in [1.54, 1.807) is 13.3 Å². The first-order chi connectivity index (χ1) is 11.6. The number of likely N-dealkylation sites (N-methyl/N-ethyl adjacent to an activating group) is 1. The van der Waals surface area contributed by atoms with Gasteiger partial charge in [-0.3, -0.25) is 0 Å². The quantitative estimate of drug-likeness (QED) is 0.844. The van der Waals surface area contributed by atoms with Crippen LogP contribution in [0.1, 0.15) is 19.0 Å². The largest absolute Gasteiger partial charge is 0.488 e. The number of benzene rings is 1. The third-order valence-corrected chi connectivity index (χ3v) is 4.78. The second-order valence-electron chi connectivity index (χ2n) is 5.62. The van der Waals surface area contributed by atoms with E-state index in [0.717, 1.165) is 23.6 Å². The third kappa shape index (κ3) is 2.51. The Balaban J connectivity index is 2.09. The van der Waals surface area contributed by atoms with Crippen LogP contribution in [0, 0.1) is 0 Å². The molecule has 1 unspecified atom stereocenters. The van der Waals surface area contributed by atoms with Gasteiger partial charge in [-0.05, 0) is 18.6 Å². The van der Waals surface area contributed by atoms with E-state index in [1.807, 2.05) is 25.2 Å². The van der Waals surface area contributed by atoms with Gasteiger partial charge in [0.25, 0.3) is 11.8 Å². The smallest absolute Gasteiger partial charge is 0.278 e. The minimum atomic E-state index is -0.451. The minimum absolute atomic E-state index is 0.359. The van der Waals surface area contributed by atoms with Crippen LogP contribution in [0.3, 0.4) is 0 Å². The highest BCUT2D eigenvalue weighted by atomic mass is 35.5. The van der Waals surface area contributed by atoms with Gasteiger partial charge in [-0.25, -0.2) is 9.97 Å². The number of nitrogens with zero attached hydrogens (tertiary/aromatic N) is 3. The number of anilines is 1. The average Bonchev–Trinajstić information content (AvgIpc) is 2.62. The second-order valence-corrected chi connectivity index (χ2v) is 6.06. The van der Waals surface area contributed by atoms with Gasteiger partial charge >= 0.3 is 0 Å². The molecule has 0 saturated carbocycles. The summed E-state index contributed by atoms with van der Waals surface area (Å²) in [6, 6.07) is 5.63. The van der Waals surface area contributed by atoms with Crippen molar-refractivity contribution in [3.8, 4) is 17.5 Å². The molecule has 7 heteroatoms. The van der Waals surface area contributed by atoms with E-state index in [-0.39, 0.29) is 0 Å². The van der Waals surface area contributed by atoms with E-state index in [4.69, 9.17) is 25.8 Å². The second kappa shape index (κ2) is 6.36. The Kier molecular flexibility index (Phi) is 4.41. The molecule has 0 amide bonds. The van der Waals surface area contributed by atoms with Crippen molar-refractivity contribution >= 4 is 17.3 Å². The van der Waals surface area contributed by atoms with Crippen molar-refractivity contribution in [2.45, 2.75) is 18.9 Å². The molecule has 0 bridgehead atoms. The number of rotatable bonds is 4. The van der Waals surface area contributed by atoms with Crippen molar-refractivity contribution in [3.05, 3.63) is 35.1 Å². The summed E-state index contributed by atoms with van der Waals surface area (Å²) in [6.45, 7) is 2.54. The molecule has 1 atom stereocenters. The lowest BCUT2D eigenvalue weighted by Gasteiger charge is -2.45. The summed E-state index contributed by atoms with van der Waals surface area (Å²) in [5.74, 6) is 1.49. The molecule has 6 nitrogen and oxygen atoms in total. The Morgan fingerprint density at radius 2 is 2.04 bits per heavy atom. The van der Waals surface area contributed by atoms with Crippen LogP contribution in [0.25, 0.3) is 0 Å². The normalized spacial score (nSPS) is 19.5. The number of aromatic nitrogens is 2. The fourth-order valence-corrected chi connectivity index (χ4v) is 3.19. The Labute approximate surface area is 146 Å². The molecule has 1 aromatic carbocycles. The van der Waals surface area contributed by atoms with Crippen molar-refractivity contribution in [2.75, 3.05) is 32.8 Å². The van der Waals surface area contributed by atoms with Crippen LogP contribution in [0.2, 0.25) is 5.02 Å². The first-order valence-electron chi connectivity index (χ1n) is 7.67. The van der Waals surface area contributed by atoms with Crippen molar-refractivity contribution in [3.63, 3.8) is 0 Å². The van der Waals surface area contributed by atoms with E-state index >= 15 is 0 Å². The molecule has 3 rings (SSSR count). The van der Waals surface area contributed by atoms with Crippen LogP contribution in [-0.4, -0.2) is 37.8 Å². The monoisotopic (exact) mass is 349 g/mol. The van der Waals surface area contributed by atoms with Gasteiger partial charge < -0.3 is 19.1 Å². The molecule has 24 heavy (non-hydrogen) atoms. The first kappa shape index (κ1) is 16.6. The SMILES string of the molecule is CCC1(c2cnc(OC)c(OC)n2)COc2cc(Cl)ccc2N1C. The van der Waals surface area contributed by atoms with Crippen LogP contribution >= 0.6 is 11.6 Å². The molecular formula is C17H20ClN3O3. The number of fused-ring (bicyclic) bond motifs is 1. The number of hydrogen-bond donors (Lipinski definition) is 0. The number of halogens is 1. The lowest BCUT2D eigenvalue weighted by molar-refractivity contribution is 0.182. The van der Waals surface area contributed by atoms with Crippen LogP contribution in [0.15, 0.2) is 24.4 Å². The molecule has 0 radical (unpaired) electrons. The predicted octanol–water partition coefficient (Wildman–Crippen LogP) is 3.28. The molecule has 2 heterocycles. The number of methoxy groups -OCH3 is 2. The van der Waals surface area contributed by atoms with Crippen LogP contribution in [0.4, 0.5) is 5.69 Å². The minimum Gasteiger partial charge on any atom is -0.488 e. The summed E-state index contributed by atoms with van der Waals surface area (Å²) in [4.78, 5) is 11.1. The summed E-state index contributed by atoms with van der Waals surface area (Å²) < 4.78 is 16.5. The van der Waals surface area contributed by atoms with Crippen molar-refractivity contribution in [1.29, 1.82) is 0 Å². The fourth-order valence-electron chi connectivity index (χ4n) is 3.03. The summed E-state index contributed by atoms with van der Waals surface area (Å²) in [5, 5.41) is 0.650. The molecule has 1 aliphatic rings. The highest BCUT2D eigenvalue weighted by molar-refractivity contribution is 6.30. The van der Waals surface area contributed by atoms with Crippen LogP contribution in [0.5, 0.6) is 17.5 Å². The average molecular weight is 350 g/mol.